The topological polar surface area (TPSA) is 102 Å². The number of rotatable bonds is 7. The number of amides is 1. The molecule has 2 heterocycles. The number of imidazole rings is 1. The third-order valence-corrected chi connectivity index (χ3v) is 7.89. The normalized spacial score (nSPS) is 15.8. The number of carbonyl (C=O) groups excluding carboxylic acids is 1. The molecule has 168 valence electrons. The number of fused-ring (bicyclic) bond motifs is 1. The van der Waals surface area contributed by atoms with Crippen LogP contribution >= 0.6 is 15.9 Å². The Morgan fingerprint density at radius 1 is 1.12 bits per heavy atom. The van der Waals surface area contributed by atoms with Crippen molar-refractivity contribution in [2.75, 3.05) is 24.5 Å². The smallest absolute Gasteiger partial charge is 0.245 e. The van der Waals surface area contributed by atoms with Gasteiger partial charge in [0.1, 0.15) is 11.4 Å². The lowest BCUT2D eigenvalue weighted by molar-refractivity contribution is -0.118. The fraction of sp³-hybridized carbons (Fsp3) is 0.273. The summed E-state index contributed by atoms with van der Waals surface area (Å²) in [6.07, 6.45) is 3.87. The van der Waals surface area contributed by atoms with Crippen molar-refractivity contribution in [1.82, 2.24) is 13.9 Å². The number of halogens is 1. The van der Waals surface area contributed by atoms with E-state index in [1.807, 2.05) is 47.4 Å². The van der Waals surface area contributed by atoms with E-state index in [1.54, 1.807) is 27.5 Å². The largest absolute Gasteiger partial charge is 0.368 e. The number of anilines is 1. The zero-order valence-electron chi connectivity index (χ0n) is 17.4. The van der Waals surface area contributed by atoms with Crippen LogP contribution in [0.2, 0.25) is 0 Å². The Morgan fingerprint density at radius 2 is 1.91 bits per heavy atom. The number of carbonyl (C=O) groups is 1. The van der Waals surface area contributed by atoms with Crippen molar-refractivity contribution in [3.8, 4) is 0 Å². The molecule has 1 aromatic heterocycles. The molecule has 4 rings (SSSR count). The molecule has 0 saturated heterocycles. The van der Waals surface area contributed by atoms with Crippen molar-refractivity contribution in [3.05, 3.63) is 76.8 Å². The Balaban J connectivity index is 1.64. The first kappa shape index (κ1) is 22.5. The van der Waals surface area contributed by atoms with E-state index in [1.165, 1.54) is 0 Å². The average Bonchev–Trinajstić information content (AvgIpc) is 3.15. The molecule has 0 spiro atoms. The van der Waals surface area contributed by atoms with Crippen LogP contribution in [0.4, 0.5) is 5.69 Å². The highest BCUT2D eigenvalue weighted by atomic mass is 79.9. The molecule has 10 heteroatoms. The van der Waals surface area contributed by atoms with Crippen LogP contribution in [-0.2, 0) is 34.3 Å². The standard InChI is InChI=1S/C22H24BrN5O3S/c23-18-6-7-20-21(12-18)32(30,31)28(9-8-17-4-2-1-3-5-17)11-10-26(20)14-19-13-25-16-27(19)15-22(24)29/h1-7,12-13,16H,8-11,14-15H2,(H2,24,29). The van der Waals surface area contributed by atoms with Crippen molar-refractivity contribution in [2.45, 2.75) is 24.4 Å². The number of benzene rings is 2. The molecule has 2 aromatic carbocycles. The van der Waals surface area contributed by atoms with Gasteiger partial charge < -0.3 is 15.2 Å². The average molecular weight is 518 g/mol. The van der Waals surface area contributed by atoms with Gasteiger partial charge in [0.2, 0.25) is 15.9 Å². The summed E-state index contributed by atoms with van der Waals surface area (Å²) in [5.41, 5.74) is 7.85. The fourth-order valence-electron chi connectivity index (χ4n) is 3.85. The maximum absolute atomic E-state index is 13.6. The summed E-state index contributed by atoms with van der Waals surface area (Å²) in [6, 6.07) is 15.2. The van der Waals surface area contributed by atoms with Crippen LogP contribution in [0.5, 0.6) is 0 Å². The van der Waals surface area contributed by atoms with Crippen LogP contribution in [0, 0.1) is 0 Å². The van der Waals surface area contributed by atoms with E-state index in [4.69, 9.17) is 5.73 Å². The summed E-state index contributed by atoms with van der Waals surface area (Å²) in [4.78, 5) is 17.8. The Hall–Kier alpha value is -2.69. The Kier molecular flexibility index (Phi) is 6.63. The molecule has 32 heavy (non-hydrogen) atoms. The van der Waals surface area contributed by atoms with Crippen LogP contribution in [0.15, 0.2) is 70.4 Å². The maximum atomic E-state index is 13.6. The Bertz CT molecular complexity index is 1210. The molecule has 3 aromatic rings. The SMILES string of the molecule is NC(=O)Cn1cncc1CN1CCN(CCc2ccccc2)S(=O)(=O)c2cc(Br)ccc21. The van der Waals surface area contributed by atoms with Gasteiger partial charge in [-0.3, -0.25) is 4.79 Å². The molecule has 1 amide bonds. The number of primary amides is 1. The molecular weight excluding hydrogens is 494 g/mol. The zero-order valence-corrected chi connectivity index (χ0v) is 19.8. The zero-order chi connectivity index (χ0) is 22.7. The molecule has 0 saturated carbocycles. The second kappa shape index (κ2) is 9.43. The van der Waals surface area contributed by atoms with Crippen LogP contribution in [0.3, 0.4) is 0 Å². The van der Waals surface area contributed by atoms with Crippen molar-refractivity contribution in [1.29, 1.82) is 0 Å². The molecule has 8 nitrogen and oxygen atoms in total. The van der Waals surface area contributed by atoms with Gasteiger partial charge in [-0.05, 0) is 30.2 Å². The van der Waals surface area contributed by atoms with Crippen LogP contribution in [-0.4, -0.2) is 47.8 Å². The fourth-order valence-corrected chi connectivity index (χ4v) is 6.03. The summed E-state index contributed by atoms with van der Waals surface area (Å²) >= 11 is 3.42. The molecule has 2 N–H and O–H groups in total. The van der Waals surface area contributed by atoms with Crippen molar-refractivity contribution in [3.63, 3.8) is 0 Å². The van der Waals surface area contributed by atoms with Gasteiger partial charge in [-0.25, -0.2) is 13.4 Å². The first-order valence-corrected chi connectivity index (χ1v) is 12.4. The predicted octanol–water partition coefficient (Wildman–Crippen LogP) is 2.38. The molecule has 0 unspecified atom stereocenters. The lowest BCUT2D eigenvalue weighted by atomic mass is 10.1. The van der Waals surface area contributed by atoms with Crippen LogP contribution in [0.1, 0.15) is 11.3 Å². The number of sulfonamides is 1. The Labute approximate surface area is 195 Å². The quantitative estimate of drug-likeness (QED) is 0.518. The van der Waals surface area contributed by atoms with E-state index in [9.17, 15) is 13.2 Å². The monoisotopic (exact) mass is 517 g/mol. The summed E-state index contributed by atoms with van der Waals surface area (Å²) in [5.74, 6) is -0.459. The van der Waals surface area contributed by atoms with Gasteiger partial charge in [0.05, 0.1) is 24.3 Å². The van der Waals surface area contributed by atoms with E-state index in [0.29, 0.717) is 42.8 Å². The van der Waals surface area contributed by atoms with Gasteiger partial charge in [-0.1, -0.05) is 46.3 Å². The van der Waals surface area contributed by atoms with E-state index < -0.39 is 15.9 Å². The first-order chi connectivity index (χ1) is 15.3. The van der Waals surface area contributed by atoms with E-state index in [2.05, 4.69) is 20.9 Å². The summed E-state index contributed by atoms with van der Waals surface area (Å²) in [7, 11) is -3.69. The van der Waals surface area contributed by atoms with Gasteiger partial charge >= 0.3 is 0 Å². The molecular formula is C22H24BrN5O3S. The number of hydrogen-bond acceptors (Lipinski definition) is 5. The minimum atomic E-state index is -3.69. The maximum Gasteiger partial charge on any atom is 0.245 e. The predicted molar refractivity (Wildman–Crippen MR) is 126 cm³/mol. The third kappa shape index (κ3) is 4.87. The highest BCUT2D eigenvalue weighted by Crippen LogP contribution is 2.34. The molecule has 0 bridgehead atoms. The van der Waals surface area contributed by atoms with Crippen molar-refractivity contribution < 1.29 is 13.2 Å². The summed E-state index contributed by atoms with van der Waals surface area (Å²) in [6.45, 7) is 1.68. The molecule has 0 atom stereocenters. The first-order valence-electron chi connectivity index (χ1n) is 10.2. The second-order valence-electron chi connectivity index (χ2n) is 7.65. The van der Waals surface area contributed by atoms with E-state index >= 15 is 0 Å². The van der Waals surface area contributed by atoms with Crippen LogP contribution in [0.25, 0.3) is 0 Å². The van der Waals surface area contributed by atoms with Gasteiger partial charge in [0, 0.05) is 30.3 Å². The Morgan fingerprint density at radius 3 is 2.66 bits per heavy atom. The molecule has 1 aliphatic rings. The molecule has 0 radical (unpaired) electrons. The van der Waals surface area contributed by atoms with Crippen molar-refractivity contribution >= 4 is 37.5 Å². The number of nitrogens with zero attached hydrogens (tertiary/aromatic N) is 4. The number of aromatic nitrogens is 2. The molecule has 0 fully saturated rings. The summed E-state index contributed by atoms with van der Waals surface area (Å²) < 4.78 is 31.0. The van der Waals surface area contributed by atoms with Gasteiger partial charge in [-0.2, -0.15) is 4.31 Å². The minimum Gasteiger partial charge on any atom is -0.368 e. The third-order valence-electron chi connectivity index (χ3n) is 5.47. The lowest BCUT2D eigenvalue weighted by Crippen LogP contribution is -2.36. The van der Waals surface area contributed by atoms with E-state index in [-0.39, 0.29) is 11.4 Å². The lowest BCUT2D eigenvalue weighted by Gasteiger charge is -2.24. The van der Waals surface area contributed by atoms with Gasteiger partial charge in [0.25, 0.3) is 0 Å². The summed E-state index contributed by atoms with van der Waals surface area (Å²) in [5, 5.41) is 0. The highest BCUT2D eigenvalue weighted by molar-refractivity contribution is 9.10. The second-order valence-corrected chi connectivity index (χ2v) is 10.5. The highest BCUT2D eigenvalue weighted by Gasteiger charge is 2.33. The molecule has 0 aliphatic carbocycles. The minimum absolute atomic E-state index is 0.0257. The number of hydrogen-bond donors (Lipinski definition) is 1. The van der Waals surface area contributed by atoms with Gasteiger partial charge in [-0.15, -0.1) is 0 Å². The van der Waals surface area contributed by atoms with Gasteiger partial charge in [0.15, 0.2) is 0 Å². The van der Waals surface area contributed by atoms with Crippen LogP contribution < -0.4 is 10.6 Å². The van der Waals surface area contributed by atoms with E-state index in [0.717, 1.165) is 11.3 Å². The molecule has 1 aliphatic heterocycles. The van der Waals surface area contributed by atoms with Crippen molar-refractivity contribution in [2.24, 2.45) is 5.73 Å². The number of nitrogens with two attached hydrogens (primary N) is 1.